The van der Waals surface area contributed by atoms with Crippen molar-refractivity contribution in [2.75, 3.05) is 44.2 Å². The summed E-state index contributed by atoms with van der Waals surface area (Å²) in [5, 5.41) is 11.0. The van der Waals surface area contributed by atoms with Gasteiger partial charge in [0.1, 0.15) is 5.75 Å². The van der Waals surface area contributed by atoms with Gasteiger partial charge in [-0.1, -0.05) is 24.0 Å². The van der Waals surface area contributed by atoms with Gasteiger partial charge in [-0.2, -0.15) is 13.2 Å². The second-order valence-corrected chi connectivity index (χ2v) is 12.1. The third-order valence-electron chi connectivity index (χ3n) is 6.38. The number of likely N-dealkylation sites (tertiary alicyclic amines) is 1. The number of hydrogen-bond acceptors (Lipinski definition) is 7. The van der Waals surface area contributed by atoms with E-state index in [1.807, 2.05) is 0 Å². The summed E-state index contributed by atoms with van der Waals surface area (Å²) >= 11 is 0.969. The van der Waals surface area contributed by atoms with Crippen molar-refractivity contribution in [1.82, 2.24) is 4.90 Å². The number of alkyl halides is 6. The third kappa shape index (κ3) is 7.56. The zero-order valence-electron chi connectivity index (χ0n) is 21.6. The molecule has 15 heteroatoms. The lowest BCUT2D eigenvalue weighted by atomic mass is 10.0. The van der Waals surface area contributed by atoms with Crippen LogP contribution in [0.5, 0.6) is 5.75 Å². The Balaban J connectivity index is 1.63. The molecule has 0 aliphatic carbocycles. The molecule has 1 fully saturated rings. The molecule has 1 unspecified atom stereocenters. The predicted molar refractivity (Wildman–Crippen MR) is 146 cm³/mol. The minimum absolute atomic E-state index is 0.0669. The predicted octanol–water partition coefficient (Wildman–Crippen LogP) is 5.17. The molecule has 1 aliphatic heterocycles. The third-order valence-corrected chi connectivity index (χ3v) is 8.48. The molecule has 0 saturated carbocycles. The molecule has 4 rings (SSSR count). The number of benzene rings is 2. The maximum absolute atomic E-state index is 14.7. The van der Waals surface area contributed by atoms with Gasteiger partial charge in [-0.15, -0.1) is 11.3 Å². The summed E-state index contributed by atoms with van der Waals surface area (Å²) in [6.45, 7) is -1.36. The highest BCUT2D eigenvalue weighted by Crippen LogP contribution is 2.40. The summed E-state index contributed by atoms with van der Waals surface area (Å²) in [5.74, 6) is 2.26. The van der Waals surface area contributed by atoms with E-state index in [9.17, 15) is 34.8 Å². The maximum Gasteiger partial charge on any atom is 0.393 e. The van der Waals surface area contributed by atoms with Gasteiger partial charge in [0, 0.05) is 12.6 Å². The van der Waals surface area contributed by atoms with Crippen molar-refractivity contribution in [3.05, 3.63) is 46.8 Å². The number of primary sulfonamides is 1. The lowest BCUT2D eigenvalue weighted by Crippen LogP contribution is -2.53. The first-order chi connectivity index (χ1) is 19.2. The summed E-state index contributed by atoms with van der Waals surface area (Å²) in [5.41, 5.74) is 0.420. The molecule has 7 nitrogen and oxygen atoms in total. The van der Waals surface area contributed by atoms with E-state index >= 15 is 0 Å². The number of fused-ring (bicyclic) bond motifs is 1. The Morgan fingerprint density at radius 3 is 2.63 bits per heavy atom. The van der Waals surface area contributed by atoms with Crippen LogP contribution in [0.3, 0.4) is 0 Å². The Labute approximate surface area is 236 Å². The first-order valence-electron chi connectivity index (χ1n) is 12.2. The van der Waals surface area contributed by atoms with Crippen molar-refractivity contribution in [2.24, 2.45) is 5.14 Å². The molecule has 4 N–H and O–H groups in total. The van der Waals surface area contributed by atoms with Gasteiger partial charge in [-0.25, -0.2) is 26.7 Å². The summed E-state index contributed by atoms with van der Waals surface area (Å²) in [4.78, 5) is 1.34. The number of rotatable bonds is 8. The quantitative estimate of drug-likeness (QED) is 0.238. The number of halogens is 6. The minimum atomic E-state index is -4.54. The van der Waals surface area contributed by atoms with E-state index in [1.54, 1.807) is 13.1 Å². The number of nitrogens with one attached hydrogen (secondary N) is 2. The molecule has 1 atom stereocenters. The fourth-order valence-corrected chi connectivity index (χ4v) is 6.20. The monoisotopic (exact) mass is 620 g/mol. The zero-order valence-corrected chi connectivity index (χ0v) is 23.3. The standard InChI is InChI=1S/C26H26F6N4O3S2/c1-36-11-9-23(25(28,29)14-36)35-20-5-2-4-17-18(13-26(30,31)32)22(40-24(17)20)6-3-10-34-19-8-7-16(41(33,37)38)12-21(19)39-15-27/h2,4-5,7-8,12,23,34-35H,9-11,13-15H2,1H3,(H2,33,37,38). The smallest absolute Gasteiger partial charge is 0.393 e. The number of ether oxygens (including phenoxy) is 1. The number of anilines is 2. The lowest BCUT2D eigenvalue weighted by Gasteiger charge is -2.37. The Hall–Kier alpha value is -3.19. The SMILES string of the molecule is CN1CCC(Nc2cccc3c(CC(F)(F)F)c(C#CCNc4ccc(S(N)(=O)=O)cc4OCF)sc23)C(F)(F)C1. The Morgan fingerprint density at radius 1 is 1.22 bits per heavy atom. The minimum Gasteiger partial charge on any atom is -0.461 e. The van der Waals surface area contributed by atoms with Gasteiger partial charge in [0.2, 0.25) is 16.9 Å². The van der Waals surface area contributed by atoms with E-state index in [-0.39, 0.29) is 45.1 Å². The van der Waals surface area contributed by atoms with Crippen LogP contribution < -0.4 is 20.5 Å². The molecule has 41 heavy (non-hydrogen) atoms. The number of nitrogens with zero attached hydrogens (tertiary/aromatic N) is 1. The topological polar surface area (TPSA) is 96.7 Å². The van der Waals surface area contributed by atoms with Crippen molar-refractivity contribution in [3.63, 3.8) is 0 Å². The van der Waals surface area contributed by atoms with Crippen LogP contribution in [-0.2, 0) is 16.4 Å². The van der Waals surface area contributed by atoms with Gasteiger partial charge in [0.25, 0.3) is 5.92 Å². The van der Waals surface area contributed by atoms with E-state index in [2.05, 4.69) is 22.5 Å². The van der Waals surface area contributed by atoms with E-state index in [4.69, 9.17) is 9.88 Å². The second-order valence-electron chi connectivity index (χ2n) is 9.48. The summed E-state index contributed by atoms with van der Waals surface area (Å²) in [7, 11) is -2.47. The number of piperidine rings is 1. The van der Waals surface area contributed by atoms with Crippen LogP contribution in [0.4, 0.5) is 37.7 Å². The van der Waals surface area contributed by atoms with E-state index in [0.29, 0.717) is 16.9 Å². The molecule has 1 saturated heterocycles. The molecule has 1 aromatic heterocycles. The molecule has 0 spiro atoms. The number of sulfonamides is 1. The summed E-state index contributed by atoms with van der Waals surface area (Å²) < 4.78 is 111. The average molecular weight is 621 g/mol. The van der Waals surface area contributed by atoms with Gasteiger partial charge >= 0.3 is 6.18 Å². The molecule has 2 heterocycles. The molecule has 1 aliphatic rings. The van der Waals surface area contributed by atoms with Crippen LogP contribution in [0, 0.1) is 11.8 Å². The first kappa shape index (κ1) is 30.8. The van der Waals surface area contributed by atoms with Crippen LogP contribution in [0.15, 0.2) is 41.3 Å². The fourth-order valence-electron chi connectivity index (χ4n) is 4.50. The molecule has 0 bridgehead atoms. The van der Waals surface area contributed by atoms with Gasteiger partial charge < -0.3 is 20.3 Å². The molecule has 222 valence electrons. The summed E-state index contributed by atoms with van der Waals surface area (Å²) in [6, 6.07) is 6.88. The molecule has 2 aromatic carbocycles. The molecule has 3 aromatic rings. The maximum atomic E-state index is 14.7. The summed E-state index contributed by atoms with van der Waals surface area (Å²) in [6.07, 6.45) is -5.65. The lowest BCUT2D eigenvalue weighted by molar-refractivity contribution is -0.126. The van der Waals surface area contributed by atoms with Gasteiger partial charge in [-0.05, 0) is 42.6 Å². The highest BCUT2D eigenvalue weighted by Gasteiger charge is 2.44. The fraction of sp³-hybridized carbons (Fsp3) is 0.385. The highest BCUT2D eigenvalue weighted by atomic mass is 32.2. The zero-order chi connectivity index (χ0) is 30.0. The highest BCUT2D eigenvalue weighted by molar-refractivity contribution is 7.89. The number of nitrogens with two attached hydrogens (primary N) is 1. The van der Waals surface area contributed by atoms with Crippen molar-refractivity contribution in [2.45, 2.75) is 35.9 Å². The van der Waals surface area contributed by atoms with Crippen molar-refractivity contribution < 1.29 is 39.5 Å². The van der Waals surface area contributed by atoms with E-state index in [0.717, 1.165) is 17.4 Å². The largest absolute Gasteiger partial charge is 0.461 e. The number of hydrogen-bond donors (Lipinski definition) is 3. The van der Waals surface area contributed by atoms with Crippen LogP contribution in [0.1, 0.15) is 16.9 Å². The Bertz CT molecular complexity index is 1580. The van der Waals surface area contributed by atoms with E-state index in [1.165, 1.54) is 29.2 Å². The van der Waals surface area contributed by atoms with Crippen molar-refractivity contribution in [1.29, 1.82) is 0 Å². The van der Waals surface area contributed by atoms with Crippen molar-refractivity contribution in [3.8, 4) is 17.6 Å². The van der Waals surface area contributed by atoms with Crippen LogP contribution >= 0.6 is 11.3 Å². The van der Waals surface area contributed by atoms with Gasteiger partial charge in [0.05, 0.1) is 51.4 Å². The number of thiophene rings is 1. The molecular formula is C26H26F6N4O3S2. The molecule has 0 amide bonds. The van der Waals surface area contributed by atoms with Crippen molar-refractivity contribution >= 4 is 42.8 Å². The first-order valence-corrected chi connectivity index (χ1v) is 14.6. The Morgan fingerprint density at radius 2 is 1.98 bits per heavy atom. The normalized spacial score (nSPS) is 17.6. The van der Waals surface area contributed by atoms with E-state index < -0.39 is 48.0 Å². The van der Waals surface area contributed by atoms with Gasteiger partial charge in [-0.3, -0.25) is 0 Å². The molecular weight excluding hydrogens is 594 g/mol. The molecule has 0 radical (unpaired) electrons. The second kappa shape index (κ2) is 12.0. The van der Waals surface area contributed by atoms with Gasteiger partial charge in [0.15, 0.2) is 0 Å². The Kier molecular flexibility index (Phi) is 8.98. The van der Waals surface area contributed by atoms with Crippen LogP contribution in [-0.4, -0.2) is 65.0 Å². The van der Waals surface area contributed by atoms with Crippen LogP contribution in [0.2, 0.25) is 0 Å². The van der Waals surface area contributed by atoms with Crippen LogP contribution in [0.25, 0.3) is 10.1 Å². The average Bonchev–Trinajstić information content (AvgIpc) is 3.20.